The van der Waals surface area contributed by atoms with Crippen molar-refractivity contribution in [3.63, 3.8) is 0 Å². The summed E-state index contributed by atoms with van der Waals surface area (Å²) < 4.78 is 5.12. The van der Waals surface area contributed by atoms with Crippen molar-refractivity contribution in [1.29, 1.82) is 5.26 Å². The highest BCUT2D eigenvalue weighted by Crippen LogP contribution is 2.32. The van der Waals surface area contributed by atoms with E-state index in [2.05, 4.69) is 5.32 Å². The number of nitriles is 1. The van der Waals surface area contributed by atoms with E-state index in [0.29, 0.717) is 24.5 Å². The molecule has 1 aliphatic heterocycles. The predicted octanol–water partition coefficient (Wildman–Crippen LogP) is 1.92. The number of carbonyl (C=O) groups excluding carboxylic acids is 1. The smallest absolute Gasteiger partial charge is 0.235 e. The van der Waals surface area contributed by atoms with Crippen LogP contribution < -0.4 is 5.32 Å². The summed E-state index contributed by atoms with van der Waals surface area (Å²) >= 11 is 0. The molecule has 0 saturated carbocycles. The molecule has 1 N–H and O–H groups in total. The topological polar surface area (TPSA) is 62.1 Å². The maximum absolute atomic E-state index is 12.0. The molecule has 0 unspecified atom stereocenters. The fraction of sp³-hybridized carbons (Fsp3) is 0.385. The number of ether oxygens (including phenoxy) is 1. The highest BCUT2D eigenvalue weighted by atomic mass is 16.5. The first-order valence-corrected chi connectivity index (χ1v) is 5.59. The number of amides is 1. The van der Waals surface area contributed by atoms with Gasteiger partial charge in [0.15, 0.2) is 0 Å². The van der Waals surface area contributed by atoms with Gasteiger partial charge in [-0.25, -0.2) is 0 Å². The molecule has 1 fully saturated rings. The molecule has 0 spiro atoms. The standard InChI is InChI=1S/C13H14N2O2/c1-2-13(8-17-9-13)12(16)15-11-5-3-10(7-14)4-6-11/h3-6H,2,8-9H2,1H3,(H,15,16). The van der Waals surface area contributed by atoms with Gasteiger partial charge in [-0.2, -0.15) is 5.26 Å². The Morgan fingerprint density at radius 3 is 2.53 bits per heavy atom. The molecule has 1 aliphatic rings. The Bertz CT molecular complexity index is 450. The molecule has 0 radical (unpaired) electrons. The Morgan fingerprint density at radius 2 is 2.12 bits per heavy atom. The molecule has 0 atom stereocenters. The van der Waals surface area contributed by atoms with Crippen molar-refractivity contribution in [2.24, 2.45) is 5.41 Å². The van der Waals surface area contributed by atoms with Gasteiger partial charge in [0.1, 0.15) is 0 Å². The Labute approximate surface area is 100 Å². The summed E-state index contributed by atoms with van der Waals surface area (Å²) in [6.07, 6.45) is 0.773. The molecule has 1 aromatic rings. The molecule has 2 rings (SSSR count). The lowest BCUT2D eigenvalue weighted by Crippen LogP contribution is -2.51. The van der Waals surface area contributed by atoms with Gasteiger partial charge >= 0.3 is 0 Å². The molecule has 1 heterocycles. The molecule has 88 valence electrons. The molecule has 1 saturated heterocycles. The van der Waals surface area contributed by atoms with Crippen molar-refractivity contribution in [2.75, 3.05) is 18.5 Å². The molecule has 0 bridgehead atoms. The highest BCUT2D eigenvalue weighted by molar-refractivity contribution is 5.96. The van der Waals surface area contributed by atoms with Crippen molar-refractivity contribution in [3.8, 4) is 6.07 Å². The van der Waals surface area contributed by atoms with Gasteiger partial charge in [-0.1, -0.05) is 6.92 Å². The maximum atomic E-state index is 12.0. The van der Waals surface area contributed by atoms with Gasteiger partial charge in [0.2, 0.25) is 5.91 Å². The normalized spacial score (nSPS) is 16.7. The summed E-state index contributed by atoms with van der Waals surface area (Å²) in [6.45, 7) is 2.97. The lowest BCUT2D eigenvalue weighted by Gasteiger charge is -2.38. The third-order valence-corrected chi connectivity index (χ3v) is 3.19. The first-order valence-electron chi connectivity index (χ1n) is 5.59. The van der Waals surface area contributed by atoms with Gasteiger partial charge in [-0.05, 0) is 30.7 Å². The summed E-state index contributed by atoms with van der Waals surface area (Å²) in [7, 11) is 0. The van der Waals surface area contributed by atoms with E-state index in [-0.39, 0.29) is 11.3 Å². The lowest BCUT2D eigenvalue weighted by atomic mass is 9.82. The molecular formula is C13H14N2O2. The lowest BCUT2D eigenvalue weighted by molar-refractivity contribution is -0.156. The monoisotopic (exact) mass is 230 g/mol. The third kappa shape index (κ3) is 2.15. The number of hydrogen-bond acceptors (Lipinski definition) is 3. The largest absolute Gasteiger partial charge is 0.379 e. The number of anilines is 1. The predicted molar refractivity (Wildman–Crippen MR) is 63.3 cm³/mol. The van der Waals surface area contributed by atoms with E-state index in [1.807, 2.05) is 13.0 Å². The number of nitrogens with one attached hydrogen (secondary N) is 1. The summed E-state index contributed by atoms with van der Waals surface area (Å²) in [5, 5.41) is 11.5. The van der Waals surface area contributed by atoms with Crippen LogP contribution in [0.3, 0.4) is 0 Å². The van der Waals surface area contributed by atoms with Gasteiger partial charge < -0.3 is 10.1 Å². The van der Waals surface area contributed by atoms with Crippen LogP contribution in [0.5, 0.6) is 0 Å². The van der Waals surface area contributed by atoms with Gasteiger partial charge in [-0.3, -0.25) is 4.79 Å². The second kappa shape index (κ2) is 4.56. The van der Waals surface area contributed by atoms with Crippen molar-refractivity contribution >= 4 is 11.6 Å². The van der Waals surface area contributed by atoms with Crippen LogP contribution in [0.25, 0.3) is 0 Å². The SMILES string of the molecule is CCC1(C(=O)Nc2ccc(C#N)cc2)COC1. The quantitative estimate of drug-likeness (QED) is 0.862. The van der Waals surface area contributed by atoms with E-state index in [4.69, 9.17) is 10.00 Å². The zero-order valence-corrected chi connectivity index (χ0v) is 9.69. The summed E-state index contributed by atoms with van der Waals surface area (Å²) in [4.78, 5) is 12.0. The fourth-order valence-corrected chi connectivity index (χ4v) is 1.74. The van der Waals surface area contributed by atoms with Crippen molar-refractivity contribution in [2.45, 2.75) is 13.3 Å². The molecule has 1 amide bonds. The van der Waals surface area contributed by atoms with Crippen LogP contribution in [0.2, 0.25) is 0 Å². The van der Waals surface area contributed by atoms with Crippen LogP contribution in [0.15, 0.2) is 24.3 Å². The second-order valence-corrected chi connectivity index (χ2v) is 4.27. The van der Waals surface area contributed by atoms with Crippen LogP contribution in [0.4, 0.5) is 5.69 Å². The summed E-state index contributed by atoms with van der Waals surface area (Å²) in [5.41, 5.74) is 0.933. The second-order valence-electron chi connectivity index (χ2n) is 4.27. The average molecular weight is 230 g/mol. The van der Waals surface area contributed by atoms with Crippen molar-refractivity contribution in [3.05, 3.63) is 29.8 Å². The number of carbonyl (C=O) groups is 1. The van der Waals surface area contributed by atoms with Gasteiger partial charge in [-0.15, -0.1) is 0 Å². The van der Waals surface area contributed by atoms with Gasteiger partial charge in [0.25, 0.3) is 0 Å². The van der Waals surface area contributed by atoms with Crippen LogP contribution in [0.1, 0.15) is 18.9 Å². The minimum absolute atomic E-state index is 0.00374. The van der Waals surface area contributed by atoms with E-state index in [1.54, 1.807) is 24.3 Å². The molecule has 0 aromatic heterocycles. The molecular weight excluding hydrogens is 216 g/mol. The van der Waals surface area contributed by atoms with Crippen LogP contribution >= 0.6 is 0 Å². The fourth-order valence-electron chi connectivity index (χ4n) is 1.74. The van der Waals surface area contributed by atoms with E-state index < -0.39 is 0 Å². The van der Waals surface area contributed by atoms with E-state index in [1.165, 1.54) is 0 Å². The number of nitrogens with zero attached hydrogens (tertiary/aromatic N) is 1. The van der Waals surface area contributed by atoms with E-state index in [0.717, 1.165) is 6.42 Å². The Balaban J connectivity index is 2.05. The maximum Gasteiger partial charge on any atom is 0.235 e. The molecule has 4 heteroatoms. The molecule has 17 heavy (non-hydrogen) atoms. The Morgan fingerprint density at radius 1 is 1.47 bits per heavy atom. The first kappa shape index (κ1) is 11.6. The minimum atomic E-state index is -0.367. The average Bonchev–Trinajstić information content (AvgIpc) is 2.29. The minimum Gasteiger partial charge on any atom is -0.379 e. The first-order chi connectivity index (χ1) is 8.20. The van der Waals surface area contributed by atoms with Gasteiger partial charge in [0, 0.05) is 5.69 Å². The molecule has 4 nitrogen and oxygen atoms in total. The summed E-state index contributed by atoms with van der Waals surface area (Å²) in [6, 6.07) is 8.88. The van der Waals surface area contributed by atoms with Crippen LogP contribution in [0, 0.1) is 16.7 Å². The molecule has 0 aliphatic carbocycles. The third-order valence-electron chi connectivity index (χ3n) is 3.19. The van der Waals surface area contributed by atoms with Gasteiger partial charge in [0.05, 0.1) is 30.3 Å². The highest BCUT2D eigenvalue weighted by Gasteiger charge is 2.44. The Kier molecular flexibility index (Phi) is 3.12. The zero-order valence-electron chi connectivity index (χ0n) is 9.69. The number of benzene rings is 1. The van der Waals surface area contributed by atoms with Crippen LogP contribution in [-0.2, 0) is 9.53 Å². The van der Waals surface area contributed by atoms with Crippen molar-refractivity contribution < 1.29 is 9.53 Å². The molecule has 1 aromatic carbocycles. The van der Waals surface area contributed by atoms with E-state index >= 15 is 0 Å². The number of hydrogen-bond donors (Lipinski definition) is 1. The Hall–Kier alpha value is -1.86. The van der Waals surface area contributed by atoms with E-state index in [9.17, 15) is 4.79 Å². The van der Waals surface area contributed by atoms with Crippen molar-refractivity contribution in [1.82, 2.24) is 0 Å². The number of rotatable bonds is 3. The summed E-state index contributed by atoms with van der Waals surface area (Å²) in [5.74, 6) is -0.00374. The van der Waals surface area contributed by atoms with Crippen LogP contribution in [-0.4, -0.2) is 19.1 Å². The zero-order chi connectivity index (χ0) is 12.3.